The van der Waals surface area contributed by atoms with E-state index in [0.717, 1.165) is 19.0 Å². The van der Waals surface area contributed by atoms with Gasteiger partial charge in [-0.3, -0.25) is 4.90 Å². The zero-order valence-corrected chi connectivity index (χ0v) is 11.0. The van der Waals surface area contributed by atoms with Crippen LogP contribution in [0, 0.1) is 5.92 Å². The Bertz CT molecular complexity index is 319. The molecule has 1 fully saturated rings. The van der Waals surface area contributed by atoms with E-state index in [1.807, 2.05) is 0 Å². The van der Waals surface area contributed by atoms with Crippen molar-refractivity contribution in [3.63, 3.8) is 0 Å². The van der Waals surface area contributed by atoms with Crippen molar-refractivity contribution in [3.05, 3.63) is 30.3 Å². The maximum absolute atomic E-state index is 3.51. The molecule has 0 bridgehead atoms. The van der Waals surface area contributed by atoms with Crippen molar-refractivity contribution >= 4 is 5.69 Å². The molecule has 0 spiro atoms. The van der Waals surface area contributed by atoms with E-state index >= 15 is 0 Å². The van der Waals surface area contributed by atoms with Crippen LogP contribution in [0.2, 0.25) is 0 Å². The highest BCUT2D eigenvalue weighted by atomic mass is 15.2. The summed E-state index contributed by atoms with van der Waals surface area (Å²) >= 11 is 0. The van der Waals surface area contributed by atoms with Gasteiger partial charge < -0.3 is 5.32 Å². The molecule has 2 nitrogen and oxygen atoms in total. The molecule has 1 saturated carbocycles. The van der Waals surface area contributed by atoms with Gasteiger partial charge in [0, 0.05) is 24.8 Å². The molecule has 1 atom stereocenters. The number of hydrogen-bond donors (Lipinski definition) is 1. The third kappa shape index (κ3) is 4.04. The van der Waals surface area contributed by atoms with Gasteiger partial charge in [-0.2, -0.15) is 0 Å². The number of benzene rings is 1. The van der Waals surface area contributed by atoms with Crippen LogP contribution >= 0.6 is 0 Å². The fourth-order valence-electron chi connectivity index (χ4n) is 2.20. The molecule has 0 aliphatic heterocycles. The summed E-state index contributed by atoms with van der Waals surface area (Å²) in [5.41, 5.74) is 1.22. The largest absolute Gasteiger partial charge is 0.383 e. The Labute approximate surface area is 105 Å². The number of likely N-dealkylation sites (N-methyl/N-ethyl adjacent to an activating group) is 1. The smallest absolute Gasteiger partial charge is 0.0340 e. The summed E-state index contributed by atoms with van der Waals surface area (Å²) in [6, 6.07) is 11.1. The Kier molecular flexibility index (Phi) is 4.43. The molecule has 1 unspecified atom stereocenters. The predicted octanol–water partition coefficient (Wildman–Crippen LogP) is 3.22. The second kappa shape index (κ2) is 6.06. The highest BCUT2D eigenvalue weighted by Crippen LogP contribution is 2.30. The summed E-state index contributed by atoms with van der Waals surface area (Å²) in [6.07, 6.45) is 2.88. The van der Waals surface area contributed by atoms with Gasteiger partial charge in [-0.1, -0.05) is 25.1 Å². The van der Waals surface area contributed by atoms with Crippen LogP contribution in [-0.2, 0) is 0 Å². The molecule has 1 aromatic rings. The average molecular weight is 232 g/mol. The lowest BCUT2D eigenvalue weighted by atomic mass is 10.2. The van der Waals surface area contributed by atoms with E-state index in [1.165, 1.54) is 25.1 Å². The quantitative estimate of drug-likeness (QED) is 0.776. The second-order valence-electron chi connectivity index (χ2n) is 5.13. The van der Waals surface area contributed by atoms with Gasteiger partial charge in [0.15, 0.2) is 0 Å². The van der Waals surface area contributed by atoms with E-state index in [4.69, 9.17) is 0 Å². The number of nitrogens with zero attached hydrogens (tertiary/aromatic N) is 1. The van der Waals surface area contributed by atoms with Crippen molar-refractivity contribution in [2.75, 3.05) is 25.0 Å². The minimum Gasteiger partial charge on any atom is -0.383 e. The summed E-state index contributed by atoms with van der Waals surface area (Å²) in [5, 5.41) is 3.51. The van der Waals surface area contributed by atoms with Crippen LogP contribution in [0.15, 0.2) is 30.3 Å². The fourth-order valence-corrected chi connectivity index (χ4v) is 2.20. The standard InChI is InChI=1S/C15H24N2/c1-3-17(12-14-9-10-14)13(2)11-16-15-7-5-4-6-8-15/h4-8,13-14,16H,3,9-12H2,1-2H3. The highest BCUT2D eigenvalue weighted by molar-refractivity contribution is 5.42. The number of nitrogens with one attached hydrogen (secondary N) is 1. The number of rotatable bonds is 7. The van der Waals surface area contributed by atoms with Gasteiger partial charge in [-0.15, -0.1) is 0 Å². The third-order valence-electron chi connectivity index (χ3n) is 3.59. The van der Waals surface area contributed by atoms with Crippen molar-refractivity contribution < 1.29 is 0 Å². The van der Waals surface area contributed by atoms with Crippen LogP contribution in [0.1, 0.15) is 26.7 Å². The first-order valence-electron chi connectivity index (χ1n) is 6.82. The maximum Gasteiger partial charge on any atom is 0.0340 e. The highest BCUT2D eigenvalue weighted by Gasteiger charge is 2.25. The van der Waals surface area contributed by atoms with Gasteiger partial charge in [0.25, 0.3) is 0 Å². The Morgan fingerprint density at radius 3 is 2.59 bits per heavy atom. The Hall–Kier alpha value is -1.02. The number of anilines is 1. The molecule has 1 N–H and O–H groups in total. The summed E-state index contributed by atoms with van der Waals surface area (Å²) in [5.74, 6) is 0.981. The Morgan fingerprint density at radius 1 is 1.29 bits per heavy atom. The van der Waals surface area contributed by atoms with Crippen LogP contribution in [-0.4, -0.2) is 30.6 Å². The normalized spacial score (nSPS) is 17.1. The van der Waals surface area contributed by atoms with Gasteiger partial charge in [0.05, 0.1) is 0 Å². The van der Waals surface area contributed by atoms with Crippen LogP contribution in [0.25, 0.3) is 0 Å². The molecule has 2 heteroatoms. The molecule has 0 amide bonds. The van der Waals surface area contributed by atoms with E-state index in [9.17, 15) is 0 Å². The third-order valence-corrected chi connectivity index (χ3v) is 3.59. The first-order chi connectivity index (χ1) is 8.29. The van der Waals surface area contributed by atoms with Crippen molar-refractivity contribution in [2.45, 2.75) is 32.7 Å². The SMILES string of the molecule is CCN(CC1CC1)C(C)CNc1ccccc1. The minimum atomic E-state index is 0.612. The monoisotopic (exact) mass is 232 g/mol. The van der Waals surface area contributed by atoms with E-state index in [1.54, 1.807) is 0 Å². The first kappa shape index (κ1) is 12.4. The first-order valence-corrected chi connectivity index (χ1v) is 6.82. The average Bonchev–Trinajstić information content (AvgIpc) is 3.18. The lowest BCUT2D eigenvalue weighted by molar-refractivity contribution is 0.219. The van der Waals surface area contributed by atoms with E-state index in [-0.39, 0.29) is 0 Å². The van der Waals surface area contributed by atoms with Gasteiger partial charge in [0.2, 0.25) is 0 Å². The Morgan fingerprint density at radius 2 is 2.00 bits per heavy atom. The molecule has 0 heterocycles. The topological polar surface area (TPSA) is 15.3 Å². The van der Waals surface area contributed by atoms with E-state index in [0.29, 0.717) is 6.04 Å². The van der Waals surface area contributed by atoms with E-state index < -0.39 is 0 Å². The Balaban J connectivity index is 1.76. The molecule has 17 heavy (non-hydrogen) atoms. The lowest BCUT2D eigenvalue weighted by Gasteiger charge is -2.28. The van der Waals surface area contributed by atoms with Gasteiger partial charge >= 0.3 is 0 Å². The summed E-state index contributed by atoms with van der Waals surface area (Å²) < 4.78 is 0. The molecule has 1 aromatic carbocycles. The van der Waals surface area contributed by atoms with Crippen LogP contribution < -0.4 is 5.32 Å². The number of hydrogen-bond acceptors (Lipinski definition) is 2. The summed E-state index contributed by atoms with van der Waals surface area (Å²) in [6.45, 7) is 8.07. The predicted molar refractivity (Wildman–Crippen MR) is 74.4 cm³/mol. The van der Waals surface area contributed by atoms with Crippen molar-refractivity contribution in [3.8, 4) is 0 Å². The summed E-state index contributed by atoms with van der Waals surface area (Å²) in [4.78, 5) is 2.59. The van der Waals surface area contributed by atoms with Crippen molar-refractivity contribution in [1.29, 1.82) is 0 Å². The summed E-state index contributed by atoms with van der Waals surface area (Å²) in [7, 11) is 0. The molecule has 0 aromatic heterocycles. The van der Waals surface area contributed by atoms with E-state index in [2.05, 4.69) is 54.4 Å². The molecule has 2 rings (SSSR count). The van der Waals surface area contributed by atoms with Crippen LogP contribution in [0.3, 0.4) is 0 Å². The molecule has 94 valence electrons. The fraction of sp³-hybridized carbons (Fsp3) is 0.600. The van der Waals surface area contributed by atoms with Gasteiger partial charge in [0.1, 0.15) is 0 Å². The molecule has 1 aliphatic carbocycles. The zero-order valence-electron chi connectivity index (χ0n) is 11.0. The molecular weight excluding hydrogens is 208 g/mol. The van der Waals surface area contributed by atoms with Crippen LogP contribution in [0.4, 0.5) is 5.69 Å². The molecule has 0 saturated heterocycles. The molecular formula is C15H24N2. The molecule has 1 aliphatic rings. The molecule has 0 radical (unpaired) electrons. The lowest BCUT2D eigenvalue weighted by Crippen LogP contribution is -2.39. The van der Waals surface area contributed by atoms with Crippen molar-refractivity contribution in [2.24, 2.45) is 5.92 Å². The maximum atomic E-state index is 3.51. The van der Waals surface area contributed by atoms with Gasteiger partial charge in [-0.05, 0) is 44.4 Å². The second-order valence-corrected chi connectivity index (χ2v) is 5.13. The van der Waals surface area contributed by atoms with Crippen molar-refractivity contribution in [1.82, 2.24) is 4.90 Å². The number of para-hydroxylation sites is 1. The minimum absolute atomic E-state index is 0.612. The van der Waals surface area contributed by atoms with Gasteiger partial charge in [-0.25, -0.2) is 0 Å². The zero-order chi connectivity index (χ0) is 12.1. The van der Waals surface area contributed by atoms with Crippen LogP contribution in [0.5, 0.6) is 0 Å².